The smallest absolute Gasteiger partial charge is 0.230 e. The summed E-state index contributed by atoms with van der Waals surface area (Å²) in [5, 5.41) is 0. The van der Waals surface area contributed by atoms with Crippen LogP contribution < -0.4 is 0 Å². The summed E-state index contributed by atoms with van der Waals surface area (Å²) in [5.41, 5.74) is -11.1. The van der Waals surface area contributed by atoms with Crippen molar-refractivity contribution in [2.75, 3.05) is 0 Å². The third-order valence-corrected chi connectivity index (χ3v) is 3.75. The first-order valence-electron chi connectivity index (χ1n) is 5.51. The summed E-state index contributed by atoms with van der Waals surface area (Å²) in [6, 6.07) is 0. The fourth-order valence-electron chi connectivity index (χ4n) is 2.28. The van der Waals surface area contributed by atoms with Crippen LogP contribution >= 0.6 is 0 Å². The van der Waals surface area contributed by atoms with Gasteiger partial charge in [-0.15, -0.1) is 0 Å². The topological polar surface area (TPSA) is 0 Å². The van der Waals surface area contributed by atoms with Gasteiger partial charge in [0.05, 0.1) is 0 Å². The fourth-order valence-corrected chi connectivity index (χ4v) is 2.28. The largest absolute Gasteiger partial charge is 0.353 e. The lowest BCUT2D eigenvalue weighted by Crippen LogP contribution is -2.84. The lowest BCUT2D eigenvalue weighted by atomic mass is 9.65. The molecule has 120 valence electrons. The van der Waals surface area contributed by atoms with Crippen molar-refractivity contribution in [3.8, 4) is 0 Å². The van der Waals surface area contributed by atoms with Gasteiger partial charge >= 0.3 is 23.7 Å². The normalized spacial score (nSPS) is 41.4. The Hall–Kier alpha value is -0.700. The summed E-state index contributed by atoms with van der Waals surface area (Å²) in [6.45, 7) is 0.538. The second-order valence-corrected chi connectivity index (χ2v) is 4.61. The Labute approximate surface area is 107 Å². The van der Waals surface area contributed by atoms with E-state index in [-0.39, 0.29) is 13.8 Å². The molecule has 0 aromatic heterocycles. The van der Waals surface area contributed by atoms with Gasteiger partial charge in [-0.3, -0.25) is 0 Å². The highest BCUT2D eigenvalue weighted by Crippen LogP contribution is 2.70. The minimum absolute atomic E-state index is 0.269. The molecule has 1 rings (SSSR count). The predicted octanol–water partition coefficient (Wildman–Crippen LogP) is 4.78. The number of hydrogen-bond donors (Lipinski definition) is 0. The molecule has 0 unspecified atom stereocenters. The van der Waals surface area contributed by atoms with Crippen molar-refractivity contribution in [3.63, 3.8) is 0 Å². The molecule has 0 bridgehead atoms. The molecule has 20 heavy (non-hydrogen) atoms. The van der Waals surface area contributed by atoms with Crippen LogP contribution in [0.5, 0.6) is 0 Å². The van der Waals surface area contributed by atoms with Gasteiger partial charge in [0.2, 0.25) is 11.3 Å². The molecule has 0 nitrogen and oxygen atoms in total. The third kappa shape index (κ3) is 1.31. The molecule has 0 radical (unpaired) electrons. The zero-order valence-electron chi connectivity index (χ0n) is 10.2. The van der Waals surface area contributed by atoms with Crippen LogP contribution in [-0.2, 0) is 0 Å². The van der Waals surface area contributed by atoms with Gasteiger partial charge in [-0.1, -0.05) is 13.8 Å². The Morgan fingerprint density at radius 2 is 0.600 bits per heavy atom. The third-order valence-electron chi connectivity index (χ3n) is 3.75. The standard InChI is InChI=1S/C10H10F10/c1-3-5(11)7(13,14)9(17,18)6(12,4-2)10(19,20)8(5,15)16/h3-4H2,1-2H3. The SMILES string of the molecule is CCC1(F)C(F)(F)C(F)(F)C(F)(CC)C(F)(F)C1(F)F. The molecule has 0 N–H and O–H groups in total. The molecule has 1 aliphatic carbocycles. The van der Waals surface area contributed by atoms with Crippen LogP contribution in [0.3, 0.4) is 0 Å². The summed E-state index contributed by atoms with van der Waals surface area (Å²) in [6.07, 6.45) is -4.09. The lowest BCUT2D eigenvalue weighted by molar-refractivity contribution is -0.461. The van der Waals surface area contributed by atoms with Crippen LogP contribution in [0.4, 0.5) is 43.9 Å². The van der Waals surface area contributed by atoms with Crippen molar-refractivity contribution in [2.45, 2.75) is 61.7 Å². The van der Waals surface area contributed by atoms with Gasteiger partial charge in [0.1, 0.15) is 0 Å². The summed E-state index contributed by atoms with van der Waals surface area (Å²) < 4.78 is 134. The van der Waals surface area contributed by atoms with Gasteiger partial charge < -0.3 is 0 Å². The lowest BCUT2D eigenvalue weighted by Gasteiger charge is -2.55. The maximum atomic E-state index is 13.7. The van der Waals surface area contributed by atoms with E-state index in [0.717, 1.165) is 0 Å². The number of rotatable bonds is 2. The minimum atomic E-state index is -6.30. The first kappa shape index (κ1) is 17.4. The van der Waals surface area contributed by atoms with Crippen molar-refractivity contribution in [3.05, 3.63) is 0 Å². The van der Waals surface area contributed by atoms with Gasteiger partial charge in [0.15, 0.2) is 0 Å². The van der Waals surface area contributed by atoms with E-state index in [1.54, 1.807) is 0 Å². The molecule has 0 aromatic rings. The van der Waals surface area contributed by atoms with E-state index < -0.39 is 47.9 Å². The van der Waals surface area contributed by atoms with Crippen molar-refractivity contribution >= 4 is 0 Å². The highest BCUT2D eigenvalue weighted by atomic mass is 19.4. The maximum Gasteiger partial charge on any atom is 0.353 e. The molecule has 0 saturated heterocycles. The zero-order valence-corrected chi connectivity index (χ0v) is 10.2. The molecule has 1 fully saturated rings. The minimum Gasteiger partial charge on any atom is -0.230 e. The van der Waals surface area contributed by atoms with Crippen molar-refractivity contribution in [1.82, 2.24) is 0 Å². The molecule has 0 atom stereocenters. The molecular formula is C10H10F10. The monoisotopic (exact) mass is 320 g/mol. The Balaban J connectivity index is 3.81. The van der Waals surface area contributed by atoms with Gasteiger partial charge in [-0.2, -0.15) is 35.1 Å². The second kappa shape index (κ2) is 3.94. The van der Waals surface area contributed by atoms with Gasteiger partial charge in [0, 0.05) is 0 Å². The summed E-state index contributed by atoms with van der Waals surface area (Å²) in [4.78, 5) is 0. The molecule has 10 heteroatoms. The zero-order chi connectivity index (χ0) is 16.4. The first-order chi connectivity index (χ1) is 8.62. The van der Waals surface area contributed by atoms with E-state index in [9.17, 15) is 43.9 Å². The van der Waals surface area contributed by atoms with E-state index in [4.69, 9.17) is 0 Å². The number of hydrogen-bond acceptors (Lipinski definition) is 0. The van der Waals surface area contributed by atoms with Crippen LogP contribution in [-0.4, -0.2) is 35.0 Å². The Morgan fingerprint density at radius 3 is 0.700 bits per heavy atom. The summed E-state index contributed by atoms with van der Waals surface area (Å²) in [7, 11) is 0. The van der Waals surface area contributed by atoms with E-state index in [2.05, 4.69) is 0 Å². The van der Waals surface area contributed by atoms with Crippen LogP contribution in [0.1, 0.15) is 26.7 Å². The average molecular weight is 320 g/mol. The van der Waals surface area contributed by atoms with E-state index >= 15 is 0 Å². The molecule has 0 aromatic carbocycles. The molecular weight excluding hydrogens is 310 g/mol. The molecule has 0 spiro atoms. The molecule has 0 aliphatic heterocycles. The Bertz CT molecular complexity index is 333. The van der Waals surface area contributed by atoms with Crippen LogP contribution in [0, 0.1) is 0 Å². The second-order valence-electron chi connectivity index (χ2n) is 4.61. The van der Waals surface area contributed by atoms with E-state index in [1.165, 1.54) is 0 Å². The van der Waals surface area contributed by atoms with Crippen molar-refractivity contribution < 1.29 is 43.9 Å². The highest BCUT2D eigenvalue weighted by molar-refractivity contribution is 5.28. The summed E-state index contributed by atoms with van der Waals surface area (Å²) in [5.74, 6) is -25.2. The quantitative estimate of drug-likeness (QED) is 0.643. The van der Waals surface area contributed by atoms with Crippen molar-refractivity contribution in [1.29, 1.82) is 0 Å². The number of alkyl halides is 10. The first-order valence-corrected chi connectivity index (χ1v) is 5.51. The van der Waals surface area contributed by atoms with E-state index in [0.29, 0.717) is 0 Å². The van der Waals surface area contributed by atoms with Crippen LogP contribution in [0.2, 0.25) is 0 Å². The predicted molar refractivity (Wildman–Crippen MR) is 48.0 cm³/mol. The van der Waals surface area contributed by atoms with Gasteiger partial charge in [0.25, 0.3) is 0 Å². The van der Waals surface area contributed by atoms with Gasteiger partial charge in [-0.25, -0.2) is 8.78 Å². The highest BCUT2D eigenvalue weighted by Gasteiger charge is 2.98. The van der Waals surface area contributed by atoms with E-state index in [1.807, 2.05) is 0 Å². The molecule has 1 aliphatic rings. The summed E-state index contributed by atoms with van der Waals surface area (Å²) >= 11 is 0. The fraction of sp³-hybridized carbons (Fsp3) is 1.00. The molecule has 1 saturated carbocycles. The van der Waals surface area contributed by atoms with Gasteiger partial charge in [-0.05, 0) is 12.8 Å². The maximum absolute atomic E-state index is 13.7. The molecule has 0 heterocycles. The Kier molecular flexibility index (Phi) is 3.42. The average Bonchev–Trinajstić information content (AvgIpc) is 2.33. The van der Waals surface area contributed by atoms with Crippen molar-refractivity contribution in [2.24, 2.45) is 0 Å². The van der Waals surface area contributed by atoms with Crippen LogP contribution in [0.15, 0.2) is 0 Å². The Morgan fingerprint density at radius 1 is 0.450 bits per heavy atom. The molecule has 0 amide bonds. The van der Waals surface area contributed by atoms with Crippen LogP contribution in [0.25, 0.3) is 0 Å². The number of halogens is 10.